The monoisotopic (exact) mass is 273 g/mol. The molecule has 0 saturated heterocycles. The zero-order chi connectivity index (χ0) is 14.1. The Balaban J connectivity index is 1.93. The first kappa shape index (κ1) is 14.0. The second-order valence-corrected chi connectivity index (χ2v) is 6.93. The van der Waals surface area contributed by atoms with Gasteiger partial charge in [-0.2, -0.15) is 0 Å². The van der Waals surface area contributed by atoms with Crippen LogP contribution in [0.5, 0.6) is 0 Å². The van der Waals surface area contributed by atoms with Crippen LogP contribution in [-0.2, 0) is 13.0 Å². The van der Waals surface area contributed by atoms with E-state index in [0.29, 0.717) is 11.8 Å². The summed E-state index contributed by atoms with van der Waals surface area (Å²) in [6.07, 6.45) is 6.28. The van der Waals surface area contributed by atoms with E-state index < -0.39 is 0 Å². The van der Waals surface area contributed by atoms with Crippen molar-refractivity contribution >= 4 is 0 Å². The van der Waals surface area contributed by atoms with Crippen molar-refractivity contribution in [3.8, 4) is 0 Å². The Kier molecular flexibility index (Phi) is 4.06. The third-order valence-electron chi connectivity index (χ3n) is 4.91. The van der Waals surface area contributed by atoms with Crippen molar-refractivity contribution in [1.29, 1.82) is 0 Å². The molecule has 1 aliphatic heterocycles. The minimum absolute atomic E-state index is 0.493. The molecule has 0 bridgehead atoms. The number of hydrogen-bond donors (Lipinski definition) is 1. The van der Waals surface area contributed by atoms with Crippen molar-refractivity contribution in [3.63, 3.8) is 0 Å². The Bertz CT molecular complexity index is 473. The summed E-state index contributed by atoms with van der Waals surface area (Å²) in [4.78, 5) is 9.94. The van der Waals surface area contributed by atoms with Crippen molar-refractivity contribution in [2.45, 2.75) is 71.3 Å². The maximum absolute atomic E-state index is 4.98. The lowest BCUT2D eigenvalue weighted by Crippen LogP contribution is -2.28. The van der Waals surface area contributed by atoms with E-state index in [9.17, 15) is 0 Å². The molecule has 20 heavy (non-hydrogen) atoms. The molecule has 1 N–H and O–H groups in total. The second-order valence-electron chi connectivity index (χ2n) is 6.93. The largest absolute Gasteiger partial charge is 0.312 e. The minimum atomic E-state index is 0.493. The zero-order valence-electron chi connectivity index (χ0n) is 13.1. The molecule has 0 atom stereocenters. The maximum atomic E-state index is 4.98. The molecule has 0 aromatic carbocycles. The van der Waals surface area contributed by atoms with Gasteiger partial charge in [0, 0.05) is 31.0 Å². The Morgan fingerprint density at radius 2 is 1.85 bits per heavy atom. The summed E-state index contributed by atoms with van der Waals surface area (Å²) in [7, 11) is 0. The number of hydrogen-bond acceptors (Lipinski definition) is 3. The van der Waals surface area contributed by atoms with E-state index in [1.807, 2.05) is 0 Å². The van der Waals surface area contributed by atoms with Crippen LogP contribution in [0.15, 0.2) is 0 Å². The average molecular weight is 273 g/mol. The lowest BCUT2D eigenvalue weighted by Gasteiger charge is -2.28. The van der Waals surface area contributed by atoms with Crippen molar-refractivity contribution < 1.29 is 0 Å². The molecule has 1 saturated carbocycles. The summed E-state index contributed by atoms with van der Waals surface area (Å²) in [5.41, 5.74) is 3.98. The van der Waals surface area contributed by atoms with Crippen LogP contribution in [-0.4, -0.2) is 16.5 Å². The highest BCUT2D eigenvalue weighted by molar-refractivity contribution is 5.31. The summed E-state index contributed by atoms with van der Waals surface area (Å²) in [6.45, 7) is 8.89. The number of fused-ring (bicyclic) bond motifs is 1. The highest BCUT2D eigenvalue weighted by Crippen LogP contribution is 2.35. The predicted molar refractivity (Wildman–Crippen MR) is 81.9 cm³/mol. The fraction of sp³-hybridized carbons (Fsp3) is 0.765. The predicted octanol–water partition coefficient (Wildman–Crippen LogP) is 3.54. The zero-order valence-corrected chi connectivity index (χ0v) is 13.1. The topological polar surface area (TPSA) is 37.8 Å². The van der Waals surface area contributed by atoms with Crippen LogP contribution in [0.3, 0.4) is 0 Å². The number of nitrogens with zero attached hydrogens (tertiary/aromatic N) is 2. The molecule has 1 fully saturated rings. The van der Waals surface area contributed by atoms with Crippen molar-refractivity contribution in [2.24, 2.45) is 5.92 Å². The summed E-state index contributed by atoms with van der Waals surface area (Å²) in [5.74, 6) is 3.12. The van der Waals surface area contributed by atoms with Gasteiger partial charge in [0.1, 0.15) is 5.82 Å². The molecule has 3 nitrogen and oxygen atoms in total. The average Bonchev–Trinajstić information content (AvgIpc) is 2.46. The summed E-state index contributed by atoms with van der Waals surface area (Å²) in [5, 5.41) is 3.46. The van der Waals surface area contributed by atoms with Gasteiger partial charge in [-0.3, -0.25) is 0 Å². The van der Waals surface area contributed by atoms with E-state index in [2.05, 4.69) is 26.1 Å². The molecule has 0 unspecified atom stereocenters. The molecule has 1 aliphatic carbocycles. The Hall–Kier alpha value is -0.960. The SMILES string of the molecule is CC1CCC(c2nc3c(c(C(C)C)n2)CNCC3)CC1. The van der Waals surface area contributed by atoms with E-state index >= 15 is 0 Å². The van der Waals surface area contributed by atoms with E-state index in [1.165, 1.54) is 42.6 Å². The maximum Gasteiger partial charge on any atom is 0.131 e. The van der Waals surface area contributed by atoms with Gasteiger partial charge in [-0.05, 0) is 24.7 Å². The smallest absolute Gasteiger partial charge is 0.131 e. The molecule has 0 radical (unpaired) electrons. The minimum Gasteiger partial charge on any atom is -0.312 e. The lowest BCUT2D eigenvalue weighted by atomic mass is 9.82. The van der Waals surface area contributed by atoms with Gasteiger partial charge >= 0.3 is 0 Å². The Morgan fingerprint density at radius 3 is 2.55 bits per heavy atom. The first-order chi connectivity index (χ1) is 9.65. The van der Waals surface area contributed by atoms with Gasteiger partial charge in [0.25, 0.3) is 0 Å². The highest BCUT2D eigenvalue weighted by atomic mass is 15.0. The van der Waals surface area contributed by atoms with Gasteiger partial charge < -0.3 is 5.32 Å². The van der Waals surface area contributed by atoms with Gasteiger partial charge in [-0.25, -0.2) is 9.97 Å². The van der Waals surface area contributed by atoms with Gasteiger partial charge in [-0.1, -0.05) is 33.6 Å². The molecule has 0 spiro atoms. The van der Waals surface area contributed by atoms with Crippen LogP contribution in [0.4, 0.5) is 0 Å². The normalized spacial score (nSPS) is 26.6. The molecule has 110 valence electrons. The van der Waals surface area contributed by atoms with E-state index in [4.69, 9.17) is 9.97 Å². The third kappa shape index (κ3) is 2.73. The molecule has 1 aromatic rings. The number of nitrogens with one attached hydrogen (secondary N) is 1. The van der Waals surface area contributed by atoms with Crippen molar-refractivity contribution in [2.75, 3.05) is 6.54 Å². The summed E-state index contributed by atoms with van der Waals surface area (Å²) >= 11 is 0. The number of aromatic nitrogens is 2. The molecule has 3 rings (SSSR count). The van der Waals surface area contributed by atoms with Crippen molar-refractivity contribution in [1.82, 2.24) is 15.3 Å². The van der Waals surface area contributed by atoms with E-state index in [1.54, 1.807) is 0 Å². The number of rotatable bonds is 2. The molecule has 2 aliphatic rings. The standard InChI is InChI=1S/C17H27N3/c1-11(2)16-14-10-18-9-8-15(14)19-17(20-16)13-6-4-12(3)5-7-13/h11-13,18H,4-10H2,1-3H3. The van der Waals surface area contributed by atoms with Gasteiger partial charge in [0.2, 0.25) is 0 Å². The molecule has 2 heterocycles. The second kappa shape index (κ2) is 5.80. The van der Waals surface area contributed by atoms with E-state index in [-0.39, 0.29) is 0 Å². The first-order valence-electron chi connectivity index (χ1n) is 8.25. The molecular weight excluding hydrogens is 246 g/mol. The third-order valence-corrected chi connectivity index (χ3v) is 4.91. The molecule has 0 amide bonds. The highest BCUT2D eigenvalue weighted by Gasteiger charge is 2.25. The van der Waals surface area contributed by atoms with Crippen LogP contribution in [0.25, 0.3) is 0 Å². The van der Waals surface area contributed by atoms with Crippen LogP contribution in [0.2, 0.25) is 0 Å². The van der Waals surface area contributed by atoms with Crippen LogP contribution >= 0.6 is 0 Å². The quantitative estimate of drug-likeness (QED) is 0.895. The van der Waals surface area contributed by atoms with Gasteiger partial charge in [0.15, 0.2) is 0 Å². The van der Waals surface area contributed by atoms with Gasteiger partial charge in [0.05, 0.1) is 11.4 Å². The summed E-state index contributed by atoms with van der Waals surface area (Å²) < 4.78 is 0. The van der Waals surface area contributed by atoms with Crippen molar-refractivity contribution in [3.05, 3.63) is 22.8 Å². The summed E-state index contributed by atoms with van der Waals surface area (Å²) in [6, 6.07) is 0. The first-order valence-corrected chi connectivity index (χ1v) is 8.25. The fourth-order valence-electron chi connectivity index (χ4n) is 3.57. The van der Waals surface area contributed by atoms with Crippen LogP contribution < -0.4 is 5.32 Å². The van der Waals surface area contributed by atoms with Crippen LogP contribution in [0, 0.1) is 5.92 Å². The Labute approximate surface area is 122 Å². The molecular formula is C17H27N3. The Morgan fingerprint density at radius 1 is 1.10 bits per heavy atom. The van der Waals surface area contributed by atoms with Gasteiger partial charge in [-0.15, -0.1) is 0 Å². The lowest BCUT2D eigenvalue weighted by molar-refractivity contribution is 0.338. The molecule has 3 heteroatoms. The molecule has 1 aromatic heterocycles. The fourth-order valence-corrected chi connectivity index (χ4v) is 3.57. The van der Waals surface area contributed by atoms with Crippen LogP contribution in [0.1, 0.15) is 81.1 Å². The van der Waals surface area contributed by atoms with E-state index in [0.717, 1.165) is 31.3 Å².